The molecule has 0 heterocycles. The minimum absolute atomic E-state index is 0.0550. The van der Waals surface area contributed by atoms with Gasteiger partial charge in [-0.1, -0.05) is 0 Å². The van der Waals surface area contributed by atoms with Gasteiger partial charge in [0.25, 0.3) is 0 Å². The van der Waals surface area contributed by atoms with Crippen molar-refractivity contribution in [3.63, 3.8) is 0 Å². The van der Waals surface area contributed by atoms with Gasteiger partial charge in [0.2, 0.25) is 5.91 Å². The minimum atomic E-state index is -4.40. The molecule has 0 spiro atoms. The Bertz CT molecular complexity index is 477. The normalized spacial score (nSPS) is 12.8. The summed E-state index contributed by atoms with van der Waals surface area (Å²) < 4.78 is 42.4. The lowest BCUT2D eigenvalue weighted by molar-refractivity contribution is -0.137. The number of amides is 1. The summed E-state index contributed by atoms with van der Waals surface area (Å²) in [4.78, 5) is 12.8. The van der Waals surface area contributed by atoms with Crippen LogP contribution >= 0.6 is 0 Å². The third kappa shape index (κ3) is 5.90. The standard InChI is InChI=1S/C14H19F3N2O3/c1-19(13(21)6-7-18)8-11(20)9-22-12-4-2-10(3-5-12)14(15,16)17/h2-5,11,20H,6-9,18H2,1H3. The van der Waals surface area contributed by atoms with Crippen LogP contribution in [0, 0.1) is 0 Å². The molecule has 5 nitrogen and oxygen atoms in total. The summed E-state index contributed by atoms with van der Waals surface area (Å²) in [6, 6.07) is 4.16. The van der Waals surface area contributed by atoms with Crippen LogP contribution in [0.25, 0.3) is 0 Å². The van der Waals surface area contributed by atoms with Gasteiger partial charge in [-0.15, -0.1) is 0 Å². The Morgan fingerprint density at radius 1 is 1.36 bits per heavy atom. The number of hydrogen-bond donors (Lipinski definition) is 2. The molecule has 0 aliphatic rings. The zero-order valence-electron chi connectivity index (χ0n) is 12.1. The van der Waals surface area contributed by atoms with Gasteiger partial charge in [-0.3, -0.25) is 4.79 Å². The van der Waals surface area contributed by atoms with Crippen LogP contribution in [0.4, 0.5) is 13.2 Å². The van der Waals surface area contributed by atoms with Crippen molar-refractivity contribution in [3.8, 4) is 5.75 Å². The second-order valence-electron chi connectivity index (χ2n) is 4.80. The van der Waals surface area contributed by atoms with Crippen molar-refractivity contribution in [3.05, 3.63) is 29.8 Å². The van der Waals surface area contributed by atoms with Crippen LogP contribution in [-0.4, -0.2) is 48.8 Å². The van der Waals surface area contributed by atoms with Crippen LogP contribution in [0.1, 0.15) is 12.0 Å². The molecule has 22 heavy (non-hydrogen) atoms. The Morgan fingerprint density at radius 3 is 2.45 bits per heavy atom. The molecule has 0 aromatic heterocycles. The molecule has 0 fully saturated rings. The number of aliphatic hydroxyl groups excluding tert-OH is 1. The van der Waals surface area contributed by atoms with E-state index in [0.717, 1.165) is 12.1 Å². The molecule has 1 aromatic carbocycles. The van der Waals surface area contributed by atoms with Crippen molar-refractivity contribution in [2.75, 3.05) is 26.7 Å². The van der Waals surface area contributed by atoms with E-state index < -0.39 is 17.8 Å². The van der Waals surface area contributed by atoms with Crippen LogP contribution in [0.5, 0.6) is 5.75 Å². The molecule has 0 saturated heterocycles. The Labute approximate surface area is 126 Å². The molecular weight excluding hydrogens is 301 g/mol. The van der Waals surface area contributed by atoms with Crippen molar-refractivity contribution in [2.45, 2.75) is 18.7 Å². The Morgan fingerprint density at radius 2 is 1.95 bits per heavy atom. The van der Waals surface area contributed by atoms with E-state index >= 15 is 0 Å². The number of nitrogens with two attached hydrogens (primary N) is 1. The Kier molecular flexibility index (Phi) is 6.63. The molecule has 1 unspecified atom stereocenters. The lowest BCUT2D eigenvalue weighted by atomic mass is 10.2. The van der Waals surface area contributed by atoms with Gasteiger partial charge in [0.1, 0.15) is 18.5 Å². The fourth-order valence-electron chi connectivity index (χ4n) is 1.72. The van der Waals surface area contributed by atoms with Gasteiger partial charge in [0.15, 0.2) is 0 Å². The number of benzene rings is 1. The van der Waals surface area contributed by atoms with Crippen molar-refractivity contribution >= 4 is 5.91 Å². The minimum Gasteiger partial charge on any atom is -0.491 e. The van der Waals surface area contributed by atoms with Gasteiger partial charge in [0.05, 0.1) is 5.56 Å². The number of hydrogen-bond acceptors (Lipinski definition) is 4. The second-order valence-corrected chi connectivity index (χ2v) is 4.80. The van der Waals surface area contributed by atoms with Crippen LogP contribution < -0.4 is 10.5 Å². The van der Waals surface area contributed by atoms with E-state index in [4.69, 9.17) is 10.5 Å². The lowest BCUT2D eigenvalue weighted by Crippen LogP contribution is -2.37. The zero-order valence-corrected chi connectivity index (χ0v) is 12.1. The predicted octanol–water partition coefficient (Wildman–Crippen LogP) is 1.25. The van der Waals surface area contributed by atoms with Crippen molar-refractivity contribution in [2.24, 2.45) is 5.73 Å². The van der Waals surface area contributed by atoms with E-state index in [0.29, 0.717) is 0 Å². The number of halogens is 3. The summed E-state index contributed by atoms with van der Waals surface area (Å²) in [5, 5.41) is 9.75. The highest BCUT2D eigenvalue weighted by molar-refractivity contribution is 5.76. The summed E-state index contributed by atoms with van der Waals surface area (Å²) in [5.41, 5.74) is 4.49. The van der Waals surface area contributed by atoms with E-state index in [-0.39, 0.29) is 37.8 Å². The summed E-state index contributed by atoms with van der Waals surface area (Å²) in [6.45, 7) is 0.145. The second kappa shape index (κ2) is 8.00. The van der Waals surface area contributed by atoms with E-state index in [2.05, 4.69) is 0 Å². The number of rotatable bonds is 7. The van der Waals surface area contributed by atoms with Gasteiger partial charge < -0.3 is 20.5 Å². The zero-order chi connectivity index (χ0) is 16.8. The highest BCUT2D eigenvalue weighted by Gasteiger charge is 2.30. The largest absolute Gasteiger partial charge is 0.491 e. The topological polar surface area (TPSA) is 75.8 Å². The molecule has 0 bridgehead atoms. The van der Waals surface area contributed by atoms with Gasteiger partial charge in [-0.05, 0) is 24.3 Å². The molecule has 124 valence electrons. The molecule has 0 radical (unpaired) electrons. The van der Waals surface area contributed by atoms with Crippen LogP contribution in [-0.2, 0) is 11.0 Å². The summed E-state index contributed by atoms with van der Waals surface area (Å²) in [6.07, 6.45) is -5.17. The first-order valence-corrected chi connectivity index (χ1v) is 6.66. The lowest BCUT2D eigenvalue weighted by Gasteiger charge is -2.21. The van der Waals surface area contributed by atoms with Crippen molar-refractivity contribution < 1.29 is 27.8 Å². The van der Waals surface area contributed by atoms with Gasteiger partial charge in [-0.2, -0.15) is 13.2 Å². The monoisotopic (exact) mass is 320 g/mol. The first-order valence-electron chi connectivity index (χ1n) is 6.66. The van der Waals surface area contributed by atoms with Crippen LogP contribution in [0.2, 0.25) is 0 Å². The Balaban J connectivity index is 2.44. The van der Waals surface area contributed by atoms with Crippen LogP contribution in [0.3, 0.4) is 0 Å². The first-order chi connectivity index (χ1) is 10.2. The smallest absolute Gasteiger partial charge is 0.416 e. The molecule has 3 N–H and O–H groups in total. The number of carbonyl (C=O) groups is 1. The number of alkyl halides is 3. The van der Waals surface area contributed by atoms with Crippen molar-refractivity contribution in [1.29, 1.82) is 0 Å². The molecule has 0 aliphatic heterocycles. The maximum absolute atomic E-state index is 12.4. The molecule has 8 heteroatoms. The van der Waals surface area contributed by atoms with E-state index in [1.807, 2.05) is 0 Å². The quantitative estimate of drug-likeness (QED) is 0.793. The molecule has 0 aliphatic carbocycles. The molecule has 0 saturated carbocycles. The number of aliphatic hydroxyl groups is 1. The summed E-state index contributed by atoms with van der Waals surface area (Å²) >= 11 is 0. The predicted molar refractivity (Wildman–Crippen MR) is 74.3 cm³/mol. The average Bonchev–Trinajstić information content (AvgIpc) is 2.45. The maximum atomic E-state index is 12.4. The molecule has 1 amide bonds. The van der Waals surface area contributed by atoms with Crippen LogP contribution in [0.15, 0.2) is 24.3 Å². The summed E-state index contributed by atoms with van der Waals surface area (Å²) in [7, 11) is 1.53. The van der Waals surface area contributed by atoms with E-state index in [9.17, 15) is 23.1 Å². The third-order valence-corrected chi connectivity index (χ3v) is 2.89. The number of carbonyl (C=O) groups excluding carboxylic acids is 1. The maximum Gasteiger partial charge on any atom is 0.416 e. The van der Waals surface area contributed by atoms with E-state index in [1.54, 1.807) is 0 Å². The number of likely N-dealkylation sites (N-methyl/N-ethyl adjacent to an activating group) is 1. The van der Waals surface area contributed by atoms with E-state index in [1.165, 1.54) is 24.1 Å². The fourth-order valence-corrected chi connectivity index (χ4v) is 1.72. The van der Waals surface area contributed by atoms with Gasteiger partial charge >= 0.3 is 6.18 Å². The van der Waals surface area contributed by atoms with Crippen molar-refractivity contribution in [1.82, 2.24) is 4.90 Å². The fraction of sp³-hybridized carbons (Fsp3) is 0.500. The van der Waals surface area contributed by atoms with Gasteiger partial charge in [0, 0.05) is 26.6 Å². The first kappa shape index (κ1) is 18.2. The Hall–Kier alpha value is -1.80. The molecule has 1 atom stereocenters. The highest BCUT2D eigenvalue weighted by atomic mass is 19.4. The van der Waals surface area contributed by atoms with Gasteiger partial charge in [-0.25, -0.2) is 0 Å². The molecule has 1 aromatic rings. The molecule has 1 rings (SSSR count). The SMILES string of the molecule is CN(CC(O)COc1ccc(C(F)(F)F)cc1)C(=O)CCN. The highest BCUT2D eigenvalue weighted by Crippen LogP contribution is 2.30. The molecular formula is C14H19F3N2O3. The average molecular weight is 320 g/mol. The number of nitrogens with zero attached hydrogens (tertiary/aromatic N) is 1. The number of ether oxygens (including phenoxy) is 1. The third-order valence-electron chi connectivity index (χ3n) is 2.89. The summed E-state index contributed by atoms with van der Waals surface area (Å²) in [5.74, 6) is 0.0130.